The SMILES string of the molecule is Cc1noc(C)c1CC(=O)N1CCC[C@@H]1c1cccc(Br)c1. The van der Waals surface area contributed by atoms with Gasteiger partial charge in [-0.25, -0.2) is 0 Å². The van der Waals surface area contributed by atoms with E-state index in [1.54, 1.807) is 0 Å². The number of halogens is 1. The summed E-state index contributed by atoms with van der Waals surface area (Å²) >= 11 is 3.51. The maximum absolute atomic E-state index is 12.7. The highest BCUT2D eigenvalue weighted by molar-refractivity contribution is 9.10. The van der Waals surface area contributed by atoms with E-state index >= 15 is 0 Å². The van der Waals surface area contributed by atoms with Crippen molar-refractivity contribution in [2.45, 2.75) is 39.2 Å². The maximum atomic E-state index is 12.7. The second kappa shape index (κ2) is 6.24. The number of benzene rings is 1. The van der Waals surface area contributed by atoms with Gasteiger partial charge < -0.3 is 9.42 Å². The molecule has 1 aromatic heterocycles. The van der Waals surface area contributed by atoms with Crippen molar-refractivity contribution in [3.8, 4) is 0 Å². The second-order valence-electron chi connectivity index (χ2n) is 5.78. The molecule has 0 spiro atoms. The van der Waals surface area contributed by atoms with Gasteiger partial charge in [0.05, 0.1) is 18.2 Å². The van der Waals surface area contributed by atoms with Crippen molar-refractivity contribution in [3.05, 3.63) is 51.3 Å². The first-order valence-corrected chi connectivity index (χ1v) is 8.32. The molecule has 0 aliphatic carbocycles. The summed E-state index contributed by atoms with van der Waals surface area (Å²) in [5.74, 6) is 0.890. The molecule has 1 saturated heterocycles. The summed E-state index contributed by atoms with van der Waals surface area (Å²) in [5.41, 5.74) is 2.92. The summed E-state index contributed by atoms with van der Waals surface area (Å²) in [6.07, 6.45) is 2.43. The quantitative estimate of drug-likeness (QED) is 0.829. The fourth-order valence-corrected chi connectivity index (χ4v) is 3.55. The Morgan fingerprint density at radius 1 is 1.45 bits per heavy atom. The van der Waals surface area contributed by atoms with Crippen LogP contribution < -0.4 is 0 Å². The Morgan fingerprint density at radius 2 is 2.27 bits per heavy atom. The van der Waals surface area contributed by atoms with Gasteiger partial charge in [-0.15, -0.1) is 0 Å². The molecule has 0 radical (unpaired) electrons. The summed E-state index contributed by atoms with van der Waals surface area (Å²) in [7, 11) is 0. The Labute approximate surface area is 138 Å². The second-order valence-corrected chi connectivity index (χ2v) is 6.70. The normalized spacial score (nSPS) is 18.0. The zero-order valence-electron chi connectivity index (χ0n) is 12.8. The minimum atomic E-state index is 0.150. The first kappa shape index (κ1) is 15.3. The number of carbonyl (C=O) groups is 1. The van der Waals surface area contributed by atoms with Crippen LogP contribution in [0.15, 0.2) is 33.3 Å². The van der Waals surface area contributed by atoms with Gasteiger partial charge in [0, 0.05) is 16.6 Å². The fourth-order valence-electron chi connectivity index (χ4n) is 3.13. The monoisotopic (exact) mass is 362 g/mol. The fraction of sp³-hybridized carbons (Fsp3) is 0.412. The standard InChI is InChI=1S/C17H19BrN2O2/c1-11-15(12(2)22-19-11)10-17(21)20-8-4-7-16(20)13-5-3-6-14(18)9-13/h3,5-6,9,16H,4,7-8,10H2,1-2H3/t16-/m1/s1. The Bertz CT molecular complexity index is 676. The number of hydrogen-bond donors (Lipinski definition) is 0. The van der Waals surface area contributed by atoms with E-state index in [0.29, 0.717) is 6.42 Å². The topological polar surface area (TPSA) is 46.3 Å². The molecule has 3 rings (SSSR count). The number of likely N-dealkylation sites (tertiary alicyclic amines) is 1. The van der Waals surface area contributed by atoms with E-state index in [0.717, 1.165) is 40.9 Å². The molecule has 5 heteroatoms. The van der Waals surface area contributed by atoms with Crippen molar-refractivity contribution in [1.82, 2.24) is 10.1 Å². The zero-order chi connectivity index (χ0) is 15.7. The number of aromatic nitrogens is 1. The summed E-state index contributed by atoms with van der Waals surface area (Å²) in [5, 5.41) is 3.93. The predicted molar refractivity (Wildman–Crippen MR) is 87.5 cm³/mol. The van der Waals surface area contributed by atoms with Gasteiger partial charge in [-0.3, -0.25) is 4.79 Å². The van der Waals surface area contributed by atoms with Gasteiger partial charge in [0.15, 0.2) is 0 Å². The number of nitrogens with zero attached hydrogens (tertiary/aromatic N) is 2. The smallest absolute Gasteiger partial charge is 0.227 e. The summed E-state index contributed by atoms with van der Waals surface area (Å²) in [4.78, 5) is 14.7. The van der Waals surface area contributed by atoms with Crippen LogP contribution in [-0.4, -0.2) is 22.5 Å². The van der Waals surface area contributed by atoms with Gasteiger partial charge in [-0.1, -0.05) is 33.2 Å². The largest absolute Gasteiger partial charge is 0.361 e. The van der Waals surface area contributed by atoms with Crippen LogP contribution in [0, 0.1) is 13.8 Å². The highest BCUT2D eigenvalue weighted by atomic mass is 79.9. The molecule has 1 fully saturated rings. The number of rotatable bonds is 3. The highest BCUT2D eigenvalue weighted by Crippen LogP contribution is 2.33. The predicted octanol–water partition coefficient (Wildman–Crippen LogP) is 3.96. The minimum absolute atomic E-state index is 0.150. The lowest BCUT2D eigenvalue weighted by Crippen LogP contribution is -2.32. The molecule has 1 amide bonds. The molecule has 2 heterocycles. The van der Waals surface area contributed by atoms with Gasteiger partial charge in [0.25, 0.3) is 0 Å². The van der Waals surface area contributed by atoms with Crippen LogP contribution in [0.25, 0.3) is 0 Å². The third-order valence-electron chi connectivity index (χ3n) is 4.32. The molecule has 1 aliphatic heterocycles. The van der Waals surface area contributed by atoms with Crippen LogP contribution in [-0.2, 0) is 11.2 Å². The first-order chi connectivity index (χ1) is 10.6. The summed E-state index contributed by atoms with van der Waals surface area (Å²) in [6, 6.07) is 8.40. The molecule has 4 nitrogen and oxygen atoms in total. The molecule has 0 N–H and O–H groups in total. The Hall–Kier alpha value is -1.62. The molecule has 0 saturated carbocycles. The van der Waals surface area contributed by atoms with Gasteiger partial charge in [-0.2, -0.15) is 0 Å². The average Bonchev–Trinajstić information content (AvgIpc) is 3.09. The van der Waals surface area contributed by atoms with E-state index in [4.69, 9.17) is 4.52 Å². The van der Waals surface area contributed by atoms with E-state index in [9.17, 15) is 4.79 Å². The van der Waals surface area contributed by atoms with Crippen molar-refractivity contribution < 1.29 is 9.32 Å². The summed E-state index contributed by atoms with van der Waals surface area (Å²) < 4.78 is 6.21. The van der Waals surface area contributed by atoms with E-state index in [-0.39, 0.29) is 11.9 Å². The van der Waals surface area contributed by atoms with E-state index in [2.05, 4.69) is 33.2 Å². The minimum Gasteiger partial charge on any atom is -0.361 e. The molecule has 1 aliphatic rings. The first-order valence-electron chi connectivity index (χ1n) is 7.53. The third-order valence-corrected chi connectivity index (χ3v) is 4.81. The molecule has 116 valence electrons. The van der Waals surface area contributed by atoms with Crippen LogP contribution in [0.3, 0.4) is 0 Å². The van der Waals surface area contributed by atoms with Gasteiger partial charge in [0.1, 0.15) is 5.76 Å². The Morgan fingerprint density at radius 3 is 2.95 bits per heavy atom. The van der Waals surface area contributed by atoms with Crippen molar-refractivity contribution in [3.63, 3.8) is 0 Å². The number of carbonyl (C=O) groups excluding carboxylic acids is 1. The molecule has 2 aromatic rings. The van der Waals surface area contributed by atoms with E-state index < -0.39 is 0 Å². The number of hydrogen-bond acceptors (Lipinski definition) is 3. The van der Waals surface area contributed by atoms with Gasteiger partial charge >= 0.3 is 0 Å². The van der Waals surface area contributed by atoms with Crippen LogP contribution in [0.1, 0.15) is 41.5 Å². The molecule has 1 atom stereocenters. The zero-order valence-corrected chi connectivity index (χ0v) is 14.4. The molecule has 0 bridgehead atoms. The van der Waals surface area contributed by atoms with Crippen LogP contribution in [0.2, 0.25) is 0 Å². The van der Waals surface area contributed by atoms with Crippen LogP contribution in [0.4, 0.5) is 0 Å². The Kier molecular flexibility index (Phi) is 4.34. The lowest BCUT2D eigenvalue weighted by Gasteiger charge is -2.25. The average molecular weight is 363 g/mol. The van der Waals surface area contributed by atoms with Gasteiger partial charge in [0.2, 0.25) is 5.91 Å². The van der Waals surface area contributed by atoms with Crippen molar-refractivity contribution in [2.75, 3.05) is 6.54 Å². The lowest BCUT2D eigenvalue weighted by molar-refractivity contribution is -0.131. The van der Waals surface area contributed by atoms with Crippen LogP contribution >= 0.6 is 15.9 Å². The summed E-state index contributed by atoms with van der Waals surface area (Å²) in [6.45, 7) is 4.56. The van der Waals surface area contributed by atoms with Crippen molar-refractivity contribution >= 4 is 21.8 Å². The number of aryl methyl sites for hydroxylation is 2. The highest BCUT2D eigenvalue weighted by Gasteiger charge is 2.30. The molecule has 22 heavy (non-hydrogen) atoms. The van der Waals surface area contributed by atoms with Gasteiger partial charge in [-0.05, 0) is 44.4 Å². The van der Waals surface area contributed by atoms with Crippen molar-refractivity contribution in [2.24, 2.45) is 0 Å². The molecular formula is C17H19BrN2O2. The van der Waals surface area contributed by atoms with Crippen molar-refractivity contribution in [1.29, 1.82) is 0 Å². The van der Waals surface area contributed by atoms with E-state index in [1.807, 2.05) is 30.9 Å². The Balaban J connectivity index is 1.80. The lowest BCUT2D eigenvalue weighted by atomic mass is 10.0. The maximum Gasteiger partial charge on any atom is 0.227 e. The van der Waals surface area contributed by atoms with Crippen LogP contribution in [0.5, 0.6) is 0 Å². The number of amides is 1. The molecular weight excluding hydrogens is 344 g/mol. The molecule has 0 unspecified atom stereocenters. The third kappa shape index (κ3) is 2.95. The van der Waals surface area contributed by atoms with E-state index in [1.165, 1.54) is 5.56 Å². The molecule has 1 aromatic carbocycles.